The first kappa shape index (κ1) is 25.4. The maximum absolute atomic E-state index is 13.6. The number of fused-ring (bicyclic) bond motifs is 1. The minimum Gasteiger partial charge on any atom is -0.375 e. The van der Waals surface area contributed by atoms with Gasteiger partial charge in [-0.3, -0.25) is 4.79 Å². The predicted molar refractivity (Wildman–Crippen MR) is 151 cm³/mol. The van der Waals surface area contributed by atoms with Crippen LogP contribution in [0.3, 0.4) is 0 Å². The number of aromatic nitrogens is 3. The van der Waals surface area contributed by atoms with Gasteiger partial charge in [0.1, 0.15) is 5.01 Å². The second kappa shape index (κ2) is 9.11. The standard InChI is InChI=1S/C29H26N4O4S2/c1-18-7-10-22(11-8-18)39(36,37)33-16-24(23-12-9-19(2)30-26(23)33)27-31-25(17-38-27)20-5-4-6-21(15-20)29(35)13-14-32(3)28(29)34/h4-12,15-17,35H,13-14H2,1-3H3/t29-/m1/s1. The molecule has 1 aliphatic heterocycles. The second-order valence-corrected chi connectivity index (χ2v) is 12.6. The van der Waals surface area contributed by atoms with Crippen LogP contribution in [0.4, 0.5) is 0 Å². The smallest absolute Gasteiger partial charge is 0.269 e. The number of likely N-dealkylation sites (tertiary alicyclic amines) is 1. The average molecular weight is 559 g/mol. The van der Waals surface area contributed by atoms with Crippen molar-refractivity contribution in [3.8, 4) is 21.8 Å². The highest BCUT2D eigenvalue weighted by Crippen LogP contribution is 2.38. The molecule has 0 saturated carbocycles. The van der Waals surface area contributed by atoms with Crippen molar-refractivity contribution in [1.29, 1.82) is 0 Å². The Kier molecular flexibility index (Phi) is 5.94. The lowest BCUT2D eigenvalue weighted by atomic mass is 9.90. The number of likely N-dealkylation sites (N-methyl/N-ethyl adjacent to an activating group) is 1. The SMILES string of the molecule is Cc1ccc(S(=O)(=O)n2cc(-c3nc(-c4cccc([C@]5(O)CCN(C)C5=O)c4)cs3)c3ccc(C)nc32)cc1. The number of amides is 1. The molecule has 39 heavy (non-hydrogen) atoms. The Labute approximate surface area is 230 Å². The van der Waals surface area contributed by atoms with Crippen LogP contribution in [-0.2, 0) is 20.4 Å². The molecule has 2 aromatic carbocycles. The number of nitrogens with zero attached hydrogens (tertiary/aromatic N) is 4. The normalized spacial score (nSPS) is 17.8. The van der Waals surface area contributed by atoms with Crippen molar-refractivity contribution in [1.82, 2.24) is 18.8 Å². The van der Waals surface area contributed by atoms with E-state index in [0.29, 0.717) is 51.5 Å². The average Bonchev–Trinajstić information content (AvgIpc) is 3.63. The highest BCUT2D eigenvalue weighted by molar-refractivity contribution is 7.90. The third kappa shape index (κ3) is 4.15. The summed E-state index contributed by atoms with van der Waals surface area (Å²) in [6.07, 6.45) is 1.91. The number of aryl methyl sites for hydroxylation is 2. The summed E-state index contributed by atoms with van der Waals surface area (Å²) in [5.74, 6) is -0.316. The number of thiazole rings is 1. The van der Waals surface area contributed by atoms with Gasteiger partial charge in [-0.2, -0.15) is 0 Å². The Morgan fingerprint density at radius 2 is 1.79 bits per heavy atom. The highest BCUT2D eigenvalue weighted by atomic mass is 32.2. The lowest BCUT2D eigenvalue weighted by Gasteiger charge is -2.21. The highest BCUT2D eigenvalue weighted by Gasteiger charge is 2.45. The number of hydrogen-bond acceptors (Lipinski definition) is 7. The Bertz CT molecular complexity index is 1860. The quantitative estimate of drug-likeness (QED) is 0.334. The maximum Gasteiger partial charge on any atom is 0.269 e. The van der Waals surface area contributed by atoms with Gasteiger partial charge in [0.2, 0.25) is 0 Å². The first-order valence-electron chi connectivity index (χ1n) is 12.4. The van der Waals surface area contributed by atoms with Gasteiger partial charge >= 0.3 is 0 Å². The Morgan fingerprint density at radius 3 is 2.51 bits per heavy atom. The van der Waals surface area contributed by atoms with Gasteiger partial charge in [0.05, 0.1) is 10.6 Å². The van der Waals surface area contributed by atoms with Crippen molar-refractivity contribution in [3.05, 3.63) is 89.1 Å². The molecule has 1 aliphatic rings. The molecule has 10 heteroatoms. The molecule has 4 heterocycles. The summed E-state index contributed by atoms with van der Waals surface area (Å²) in [5.41, 5.74) is 3.08. The van der Waals surface area contributed by atoms with Gasteiger partial charge in [-0.25, -0.2) is 22.4 Å². The van der Waals surface area contributed by atoms with Gasteiger partial charge in [0, 0.05) is 53.8 Å². The molecule has 8 nitrogen and oxygen atoms in total. The molecule has 0 aliphatic carbocycles. The summed E-state index contributed by atoms with van der Waals surface area (Å²) >= 11 is 1.39. The van der Waals surface area contributed by atoms with E-state index in [4.69, 9.17) is 4.98 Å². The number of carbonyl (C=O) groups is 1. The number of aliphatic hydroxyl groups is 1. The third-order valence-electron chi connectivity index (χ3n) is 7.22. The molecule has 1 amide bonds. The molecule has 0 radical (unpaired) electrons. The number of carbonyl (C=O) groups excluding carboxylic acids is 1. The number of pyridine rings is 1. The summed E-state index contributed by atoms with van der Waals surface area (Å²) in [6.45, 7) is 4.22. The van der Waals surface area contributed by atoms with Crippen LogP contribution in [0.2, 0.25) is 0 Å². The number of rotatable bonds is 5. The fourth-order valence-corrected chi connectivity index (χ4v) is 7.10. The van der Waals surface area contributed by atoms with Crippen LogP contribution in [0, 0.1) is 13.8 Å². The number of benzene rings is 2. The molecule has 1 fully saturated rings. The first-order chi connectivity index (χ1) is 18.6. The lowest BCUT2D eigenvalue weighted by molar-refractivity contribution is -0.143. The molecule has 3 aromatic heterocycles. The molecular formula is C29H26N4O4S2. The summed E-state index contributed by atoms with van der Waals surface area (Å²) in [5, 5.41) is 14.3. The minimum atomic E-state index is -3.90. The predicted octanol–water partition coefficient (Wildman–Crippen LogP) is 4.73. The molecule has 5 aromatic rings. The van der Waals surface area contributed by atoms with E-state index < -0.39 is 15.6 Å². The Morgan fingerprint density at radius 1 is 1.03 bits per heavy atom. The summed E-state index contributed by atoms with van der Waals surface area (Å²) in [4.78, 5) is 23.7. The molecule has 1 saturated heterocycles. The van der Waals surface area contributed by atoms with Crippen molar-refractivity contribution in [2.75, 3.05) is 13.6 Å². The van der Waals surface area contributed by atoms with E-state index in [2.05, 4.69) is 4.98 Å². The number of hydrogen-bond donors (Lipinski definition) is 1. The summed E-state index contributed by atoms with van der Waals surface area (Å²) < 4.78 is 28.5. The van der Waals surface area contributed by atoms with Gasteiger partial charge in [0.15, 0.2) is 11.2 Å². The fraction of sp³-hybridized carbons (Fsp3) is 0.207. The zero-order valence-electron chi connectivity index (χ0n) is 21.6. The molecule has 0 bridgehead atoms. The first-order valence-corrected chi connectivity index (χ1v) is 14.8. The minimum absolute atomic E-state index is 0.182. The van der Waals surface area contributed by atoms with Crippen molar-refractivity contribution in [2.24, 2.45) is 0 Å². The van der Waals surface area contributed by atoms with Crippen LogP contribution in [0.25, 0.3) is 32.9 Å². The second-order valence-electron chi connectivity index (χ2n) is 9.94. The van der Waals surface area contributed by atoms with Crippen LogP contribution in [0.1, 0.15) is 23.2 Å². The van der Waals surface area contributed by atoms with E-state index in [9.17, 15) is 18.3 Å². The summed E-state index contributed by atoms with van der Waals surface area (Å²) in [6, 6.07) is 17.7. The van der Waals surface area contributed by atoms with Crippen LogP contribution >= 0.6 is 11.3 Å². The van der Waals surface area contributed by atoms with E-state index in [0.717, 1.165) is 11.1 Å². The van der Waals surface area contributed by atoms with E-state index in [-0.39, 0.29) is 10.8 Å². The third-order valence-corrected chi connectivity index (χ3v) is 9.76. The Hall–Kier alpha value is -3.86. The van der Waals surface area contributed by atoms with Crippen LogP contribution in [-0.4, -0.2) is 51.9 Å². The van der Waals surface area contributed by atoms with Gasteiger partial charge in [0.25, 0.3) is 15.9 Å². The molecule has 198 valence electrons. The van der Waals surface area contributed by atoms with Crippen LogP contribution in [0.5, 0.6) is 0 Å². The van der Waals surface area contributed by atoms with Gasteiger partial charge in [-0.05, 0) is 49.7 Å². The van der Waals surface area contributed by atoms with Crippen LogP contribution < -0.4 is 0 Å². The molecule has 6 rings (SSSR count). The van der Waals surface area contributed by atoms with Crippen molar-refractivity contribution in [2.45, 2.75) is 30.8 Å². The zero-order valence-corrected chi connectivity index (χ0v) is 23.3. The molecule has 0 unspecified atom stereocenters. The van der Waals surface area contributed by atoms with Gasteiger partial charge < -0.3 is 10.0 Å². The molecule has 1 atom stereocenters. The van der Waals surface area contributed by atoms with E-state index in [1.54, 1.807) is 55.7 Å². The molecule has 0 spiro atoms. The van der Waals surface area contributed by atoms with E-state index in [1.807, 2.05) is 37.4 Å². The topological polar surface area (TPSA) is 105 Å². The maximum atomic E-state index is 13.6. The van der Waals surface area contributed by atoms with Gasteiger partial charge in [-0.15, -0.1) is 11.3 Å². The van der Waals surface area contributed by atoms with Crippen molar-refractivity contribution < 1.29 is 18.3 Å². The van der Waals surface area contributed by atoms with Crippen LogP contribution in [0.15, 0.2) is 77.1 Å². The summed E-state index contributed by atoms with van der Waals surface area (Å²) in [7, 11) is -2.21. The lowest BCUT2D eigenvalue weighted by Crippen LogP contribution is -2.36. The Balaban J connectivity index is 1.43. The molecular weight excluding hydrogens is 532 g/mol. The van der Waals surface area contributed by atoms with Crippen molar-refractivity contribution in [3.63, 3.8) is 0 Å². The van der Waals surface area contributed by atoms with E-state index in [1.165, 1.54) is 20.2 Å². The monoisotopic (exact) mass is 558 g/mol. The molecule has 1 N–H and O–H groups in total. The zero-order chi connectivity index (χ0) is 27.5. The largest absolute Gasteiger partial charge is 0.375 e. The van der Waals surface area contributed by atoms with Crippen molar-refractivity contribution >= 4 is 38.3 Å². The van der Waals surface area contributed by atoms with E-state index >= 15 is 0 Å². The van der Waals surface area contributed by atoms with Gasteiger partial charge in [-0.1, -0.05) is 35.9 Å². The fourth-order valence-electron chi connectivity index (χ4n) is 4.93.